The van der Waals surface area contributed by atoms with Gasteiger partial charge in [0, 0.05) is 12.6 Å². The lowest BCUT2D eigenvalue weighted by atomic mass is 10.2. The molecule has 0 aliphatic heterocycles. The van der Waals surface area contributed by atoms with Crippen molar-refractivity contribution in [2.75, 3.05) is 18.2 Å². The zero-order valence-corrected chi connectivity index (χ0v) is 8.85. The van der Waals surface area contributed by atoms with Crippen molar-refractivity contribution in [3.8, 4) is 5.75 Å². The summed E-state index contributed by atoms with van der Waals surface area (Å²) >= 11 is 0. The number of hydrogen-bond donors (Lipinski definition) is 2. The summed E-state index contributed by atoms with van der Waals surface area (Å²) in [6.45, 7) is 1.44. The van der Waals surface area contributed by atoms with Gasteiger partial charge in [-0.25, -0.2) is 0 Å². The molecule has 0 atom stereocenters. The molecule has 0 spiro atoms. The predicted molar refractivity (Wildman–Crippen MR) is 59.0 cm³/mol. The van der Waals surface area contributed by atoms with Crippen LogP contribution < -0.4 is 15.8 Å². The predicted octanol–water partition coefficient (Wildman–Crippen LogP) is 1.66. The zero-order chi connectivity index (χ0) is 9.84. The summed E-state index contributed by atoms with van der Waals surface area (Å²) in [5.74, 6) is 0.485. The highest BCUT2D eigenvalue weighted by molar-refractivity contribution is 5.89. The average Bonchev–Trinajstić information content (AvgIpc) is 2.03. The van der Waals surface area contributed by atoms with Crippen LogP contribution in [0.4, 0.5) is 11.4 Å². The van der Waals surface area contributed by atoms with Crippen molar-refractivity contribution in [2.24, 2.45) is 0 Å². The van der Waals surface area contributed by atoms with Gasteiger partial charge in [-0.1, -0.05) is 0 Å². The van der Waals surface area contributed by atoms with E-state index < -0.39 is 0 Å². The van der Waals surface area contributed by atoms with Crippen molar-refractivity contribution in [3.05, 3.63) is 18.2 Å². The van der Waals surface area contributed by atoms with Gasteiger partial charge in [-0.15, -0.1) is 12.4 Å². The van der Waals surface area contributed by atoms with E-state index in [2.05, 4.69) is 5.32 Å². The topological polar surface area (TPSA) is 64.3 Å². The molecule has 0 heterocycles. The lowest BCUT2D eigenvalue weighted by Gasteiger charge is -2.06. The highest BCUT2D eigenvalue weighted by Gasteiger charge is 2.00. The number of carbonyl (C=O) groups is 1. The molecule has 0 fully saturated rings. The molecule has 1 aromatic carbocycles. The van der Waals surface area contributed by atoms with Gasteiger partial charge in [0.15, 0.2) is 0 Å². The van der Waals surface area contributed by atoms with Gasteiger partial charge in [-0.05, 0) is 18.2 Å². The number of ether oxygens (including phenoxy) is 1. The van der Waals surface area contributed by atoms with Crippen LogP contribution in [-0.4, -0.2) is 13.0 Å². The number of benzene rings is 1. The fourth-order valence-electron chi connectivity index (χ4n) is 1.02. The Labute approximate surface area is 88.8 Å². The molecule has 1 amide bonds. The normalized spacial score (nSPS) is 8.71. The van der Waals surface area contributed by atoms with Crippen LogP contribution in [0.5, 0.6) is 5.75 Å². The van der Waals surface area contributed by atoms with Crippen LogP contribution in [0, 0.1) is 0 Å². The minimum Gasteiger partial charge on any atom is -0.495 e. The number of nitrogens with one attached hydrogen (secondary N) is 1. The highest BCUT2D eigenvalue weighted by Crippen LogP contribution is 2.24. The van der Waals surface area contributed by atoms with Crippen molar-refractivity contribution in [1.82, 2.24) is 0 Å². The summed E-state index contributed by atoms with van der Waals surface area (Å²) in [6, 6.07) is 5.09. The molecule has 0 bridgehead atoms. The van der Waals surface area contributed by atoms with Crippen molar-refractivity contribution >= 4 is 29.7 Å². The Hall–Kier alpha value is -1.42. The number of methoxy groups -OCH3 is 1. The molecule has 0 saturated carbocycles. The van der Waals surface area contributed by atoms with E-state index in [-0.39, 0.29) is 18.3 Å². The van der Waals surface area contributed by atoms with E-state index >= 15 is 0 Å². The van der Waals surface area contributed by atoms with Crippen LogP contribution >= 0.6 is 12.4 Å². The fourth-order valence-corrected chi connectivity index (χ4v) is 1.02. The van der Waals surface area contributed by atoms with E-state index in [0.717, 1.165) is 0 Å². The molecule has 0 radical (unpaired) electrons. The number of amides is 1. The maximum atomic E-state index is 10.7. The first kappa shape index (κ1) is 12.6. The van der Waals surface area contributed by atoms with Crippen molar-refractivity contribution in [2.45, 2.75) is 6.92 Å². The standard InChI is InChI=1S/C9H12N2O2.ClH/c1-6(12)11-7-3-4-9(13-2)8(10)5-7;/h3-5H,10H2,1-2H3,(H,11,12);1H. The molecule has 14 heavy (non-hydrogen) atoms. The van der Waals surface area contributed by atoms with Crippen LogP contribution in [0.2, 0.25) is 0 Å². The van der Waals surface area contributed by atoms with E-state index in [1.807, 2.05) is 0 Å². The number of halogens is 1. The molecule has 78 valence electrons. The molecular weight excluding hydrogens is 204 g/mol. The first-order chi connectivity index (χ1) is 6.13. The van der Waals surface area contributed by atoms with E-state index in [1.165, 1.54) is 6.92 Å². The number of nitrogen functional groups attached to an aromatic ring is 1. The smallest absolute Gasteiger partial charge is 0.221 e. The van der Waals surface area contributed by atoms with Gasteiger partial charge < -0.3 is 15.8 Å². The van der Waals surface area contributed by atoms with Gasteiger partial charge in [-0.3, -0.25) is 4.79 Å². The molecule has 3 N–H and O–H groups in total. The molecule has 0 aliphatic carbocycles. The molecule has 0 aliphatic rings. The lowest BCUT2D eigenvalue weighted by Crippen LogP contribution is -2.06. The third kappa shape index (κ3) is 3.14. The molecular formula is C9H13ClN2O2. The molecule has 1 rings (SSSR count). The first-order valence-corrected chi connectivity index (χ1v) is 3.84. The summed E-state index contributed by atoms with van der Waals surface area (Å²) in [5.41, 5.74) is 6.81. The Morgan fingerprint density at radius 1 is 1.50 bits per heavy atom. The van der Waals surface area contributed by atoms with E-state index in [4.69, 9.17) is 10.5 Å². The second-order valence-corrected chi connectivity index (χ2v) is 2.64. The largest absolute Gasteiger partial charge is 0.495 e. The Kier molecular flexibility index (Phi) is 4.80. The summed E-state index contributed by atoms with van der Waals surface area (Å²) in [7, 11) is 1.55. The first-order valence-electron chi connectivity index (χ1n) is 3.84. The number of hydrogen-bond acceptors (Lipinski definition) is 3. The van der Waals surface area contributed by atoms with Crippen molar-refractivity contribution in [3.63, 3.8) is 0 Å². The maximum Gasteiger partial charge on any atom is 0.221 e. The SMILES string of the molecule is COc1ccc(NC(C)=O)cc1N.Cl. The monoisotopic (exact) mass is 216 g/mol. The van der Waals surface area contributed by atoms with Crippen LogP contribution in [0.15, 0.2) is 18.2 Å². The molecule has 5 heteroatoms. The second-order valence-electron chi connectivity index (χ2n) is 2.64. The quantitative estimate of drug-likeness (QED) is 0.739. The lowest BCUT2D eigenvalue weighted by molar-refractivity contribution is -0.114. The molecule has 0 unspecified atom stereocenters. The van der Waals surface area contributed by atoms with E-state index in [1.54, 1.807) is 25.3 Å². The Morgan fingerprint density at radius 3 is 2.57 bits per heavy atom. The number of anilines is 2. The molecule has 0 saturated heterocycles. The number of rotatable bonds is 2. The fraction of sp³-hybridized carbons (Fsp3) is 0.222. The second kappa shape index (κ2) is 5.34. The minimum atomic E-state index is -0.121. The Bertz CT molecular complexity index is 329. The Morgan fingerprint density at radius 2 is 2.14 bits per heavy atom. The van der Waals surface area contributed by atoms with E-state index in [9.17, 15) is 4.79 Å². The van der Waals surface area contributed by atoms with Gasteiger partial charge in [0.2, 0.25) is 5.91 Å². The summed E-state index contributed by atoms with van der Waals surface area (Å²) in [5, 5.41) is 2.62. The van der Waals surface area contributed by atoms with Gasteiger partial charge in [-0.2, -0.15) is 0 Å². The molecule has 0 aromatic heterocycles. The minimum absolute atomic E-state index is 0. The van der Waals surface area contributed by atoms with Gasteiger partial charge in [0.25, 0.3) is 0 Å². The summed E-state index contributed by atoms with van der Waals surface area (Å²) in [4.78, 5) is 10.7. The third-order valence-corrected chi connectivity index (χ3v) is 1.55. The number of nitrogens with two attached hydrogens (primary N) is 1. The van der Waals surface area contributed by atoms with Gasteiger partial charge >= 0.3 is 0 Å². The highest BCUT2D eigenvalue weighted by atomic mass is 35.5. The van der Waals surface area contributed by atoms with Gasteiger partial charge in [0.1, 0.15) is 5.75 Å². The molecule has 1 aromatic rings. The van der Waals surface area contributed by atoms with Crippen LogP contribution in [0.3, 0.4) is 0 Å². The number of carbonyl (C=O) groups excluding carboxylic acids is 1. The van der Waals surface area contributed by atoms with Crippen LogP contribution in [0.25, 0.3) is 0 Å². The van der Waals surface area contributed by atoms with Crippen LogP contribution in [-0.2, 0) is 4.79 Å². The molecule has 4 nitrogen and oxygen atoms in total. The third-order valence-electron chi connectivity index (χ3n) is 1.55. The van der Waals surface area contributed by atoms with E-state index in [0.29, 0.717) is 17.1 Å². The summed E-state index contributed by atoms with van der Waals surface area (Å²) < 4.78 is 4.97. The average molecular weight is 217 g/mol. The van der Waals surface area contributed by atoms with Crippen molar-refractivity contribution in [1.29, 1.82) is 0 Å². The maximum absolute atomic E-state index is 10.7. The van der Waals surface area contributed by atoms with Crippen LogP contribution in [0.1, 0.15) is 6.92 Å². The van der Waals surface area contributed by atoms with Gasteiger partial charge in [0.05, 0.1) is 12.8 Å². The van der Waals surface area contributed by atoms with Crippen molar-refractivity contribution < 1.29 is 9.53 Å². The summed E-state index contributed by atoms with van der Waals surface area (Å²) in [6.07, 6.45) is 0. The zero-order valence-electron chi connectivity index (χ0n) is 8.03. The Balaban J connectivity index is 0.00000169.